The molecule has 0 aliphatic carbocycles. The molecule has 0 radical (unpaired) electrons. The minimum Gasteiger partial charge on any atom is -0.450 e. The molecule has 0 atom stereocenters. The van der Waals surface area contributed by atoms with Gasteiger partial charge in [0.25, 0.3) is 0 Å². The van der Waals surface area contributed by atoms with Gasteiger partial charge in [-0.05, 0) is 13.3 Å². The van der Waals surface area contributed by atoms with Crippen LogP contribution >= 0.6 is 0 Å². The highest BCUT2D eigenvalue weighted by molar-refractivity contribution is 5.83. The second kappa shape index (κ2) is 9.30. The average molecular weight is 204 g/mol. The zero-order valence-corrected chi connectivity index (χ0v) is 8.24. The molecule has 0 aliphatic rings. The van der Waals surface area contributed by atoms with Crippen molar-refractivity contribution in [3.63, 3.8) is 0 Å². The molecule has 0 spiro atoms. The van der Waals surface area contributed by atoms with Crippen LogP contribution in [0, 0.1) is 5.41 Å². The molecule has 0 unspecified atom stereocenters. The van der Waals surface area contributed by atoms with Gasteiger partial charge in [0.05, 0.1) is 0 Å². The Bertz CT molecular complexity index is 211. The van der Waals surface area contributed by atoms with Crippen molar-refractivity contribution in [3.05, 3.63) is 0 Å². The molecular formula is C7H16N4O3. The first kappa shape index (κ1) is 14.7. The van der Waals surface area contributed by atoms with E-state index in [0.717, 1.165) is 18.6 Å². The number of guanidine groups is 1. The van der Waals surface area contributed by atoms with Gasteiger partial charge in [0.15, 0.2) is 0 Å². The van der Waals surface area contributed by atoms with E-state index >= 15 is 0 Å². The number of nitrogens with one attached hydrogen (secondary N) is 2. The van der Waals surface area contributed by atoms with E-state index in [1.165, 1.54) is 0 Å². The molecule has 82 valence electrons. The molecule has 0 saturated heterocycles. The van der Waals surface area contributed by atoms with Crippen LogP contribution in [0.2, 0.25) is 0 Å². The van der Waals surface area contributed by atoms with Crippen molar-refractivity contribution < 1.29 is 15.0 Å². The maximum absolute atomic E-state index is 8.56. The maximum atomic E-state index is 8.56. The lowest BCUT2D eigenvalue weighted by Crippen LogP contribution is -2.26. The Balaban J connectivity index is 0. The van der Waals surface area contributed by atoms with Gasteiger partial charge in [-0.25, -0.2) is 10.2 Å². The summed E-state index contributed by atoms with van der Waals surface area (Å²) in [5.74, 6) is -0.115. The van der Waals surface area contributed by atoms with Crippen LogP contribution in [0.3, 0.4) is 0 Å². The molecule has 0 aromatic carbocycles. The zero-order valence-electron chi connectivity index (χ0n) is 8.24. The average Bonchev–Trinajstić information content (AvgIpc) is 2.00. The summed E-state index contributed by atoms with van der Waals surface area (Å²) in [4.78, 5) is 8.56. The van der Waals surface area contributed by atoms with Crippen molar-refractivity contribution in [2.75, 3.05) is 0 Å². The van der Waals surface area contributed by atoms with Crippen LogP contribution < -0.4 is 11.2 Å². The van der Waals surface area contributed by atoms with Gasteiger partial charge in [0.2, 0.25) is 5.96 Å². The predicted molar refractivity (Wildman–Crippen MR) is 53.7 cm³/mol. The lowest BCUT2D eigenvalue weighted by atomic mass is 10.2. The molecule has 7 heteroatoms. The molecule has 0 fully saturated rings. The van der Waals surface area contributed by atoms with Crippen molar-refractivity contribution in [3.8, 4) is 0 Å². The standard InChI is InChI=1S/C6H14N4.CH2O3/c1-3-4-5(2)9-10-6(7)8;2-1(3)4/h3-4H2,1-2H3,(H4,7,8,10);(H2,2,3,4)/b9-5+;. The summed E-state index contributed by atoms with van der Waals surface area (Å²) in [6, 6.07) is 0. The molecule has 0 saturated carbocycles. The monoisotopic (exact) mass is 204 g/mol. The van der Waals surface area contributed by atoms with Gasteiger partial charge in [-0.3, -0.25) is 5.41 Å². The first-order valence-electron chi connectivity index (χ1n) is 3.95. The second-order valence-electron chi connectivity index (χ2n) is 2.41. The number of hydrazone groups is 1. The van der Waals surface area contributed by atoms with Gasteiger partial charge in [0, 0.05) is 5.71 Å². The maximum Gasteiger partial charge on any atom is 0.503 e. The van der Waals surface area contributed by atoms with Crippen molar-refractivity contribution >= 4 is 17.8 Å². The Hall–Kier alpha value is -1.79. The largest absolute Gasteiger partial charge is 0.503 e. The summed E-state index contributed by atoms with van der Waals surface area (Å²) in [5, 5.41) is 24.6. The summed E-state index contributed by atoms with van der Waals surface area (Å²) < 4.78 is 0. The normalized spacial score (nSPS) is 9.71. The quantitative estimate of drug-likeness (QED) is 0.264. The molecule has 0 amide bonds. The number of carboxylic acid groups (broad SMARTS) is 2. The number of carbonyl (C=O) groups is 1. The van der Waals surface area contributed by atoms with Crippen LogP contribution in [-0.2, 0) is 0 Å². The van der Waals surface area contributed by atoms with Crippen molar-refractivity contribution in [1.29, 1.82) is 5.41 Å². The Morgan fingerprint density at radius 2 is 2.00 bits per heavy atom. The van der Waals surface area contributed by atoms with Gasteiger partial charge >= 0.3 is 6.16 Å². The molecule has 6 N–H and O–H groups in total. The van der Waals surface area contributed by atoms with Crippen LogP contribution in [0.5, 0.6) is 0 Å². The minimum atomic E-state index is -1.83. The van der Waals surface area contributed by atoms with Crippen molar-refractivity contribution in [2.45, 2.75) is 26.7 Å². The summed E-state index contributed by atoms with van der Waals surface area (Å²) in [7, 11) is 0. The van der Waals surface area contributed by atoms with Crippen LogP contribution in [-0.4, -0.2) is 28.0 Å². The number of rotatable bonds is 3. The minimum absolute atomic E-state index is 0.115. The molecule has 0 heterocycles. The fourth-order valence-corrected chi connectivity index (χ4v) is 0.573. The Morgan fingerprint density at radius 1 is 1.57 bits per heavy atom. The van der Waals surface area contributed by atoms with E-state index in [-0.39, 0.29) is 5.96 Å². The van der Waals surface area contributed by atoms with E-state index in [9.17, 15) is 0 Å². The van der Waals surface area contributed by atoms with Gasteiger partial charge in [-0.15, -0.1) is 0 Å². The van der Waals surface area contributed by atoms with Gasteiger partial charge < -0.3 is 15.9 Å². The van der Waals surface area contributed by atoms with Gasteiger partial charge in [0.1, 0.15) is 0 Å². The van der Waals surface area contributed by atoms with E-state index in [4.69, 9.17) is 26.2 Å². The smallest absolute Gasteiger partial charge is 0.450 e. The molecule has 0 bridgehead atoms. The Labute approximate surface area is 82.1 Å². The highest BCUT2D eigenvalue weighted by Crippen LogP contribution is 1.88. The summed E-state index contributed by atoms with van der Waals surface area (Å²) >= 11 is 0. The third-order valence-corrected chi connectivity index (χ3v) is 0.979. The van der Waals surface area contributed by atoms with Crippen molar-refractivity contribution in [1.82, 2.24) is 5.43 Å². The topological polar surface area (TPSA) is 132 Å². The summed E-state index contributed by atoms with van der Waals surface area (Å²) in [6.45, 7) is 3.98. The van der Waals surface area contributed by atoms with E-state index in [1.54, 1.807) is 0 Å². The van der Waals surface area contributed by atoms with Crippen LogP contribution in [0.15, 0.2) is 5.10 Å². The summed E-state index contributed by atoms with van der Waals surface area (Å²) in [5.41, 5.74) is 8.35. The van der Waals surface area contributed by atoms with Crippen molar-refractivity contribution in [2.24, 2.45) is 10.8 Å². The number of nitrogens with two attached hydrogens (primary N) is 1. The molecule has 0 rings (SSSR count). The third-order valence-electron chi connectivity index (χ3n) is 0.979. The predicted octanol–water partition coefficient (Wildman–Crippen LogP) is 0.868. The van der Waals surface area contributed by atoms with Crippen LogP contribution in [0.4, 0.5) is 4.79 Å². The van der Waals surface area contributed by atoms with E-state index in [2.05, 4.69) is 17.5 Å². The molecular weight excluding hydrogens is 188 g/mol. The highest BCUT2D eigenvalue weighted by atomic mass is 16.6. The second-order valence-corrected chi connectivity index (χ2v) is 2.41. The number of hydrogen-bond donors (Lipinski definition) is 5. The highest BCUT2D eigenvalue weighted by Gasteiger charge is 1.87. The molecule has 14 heavy (non-hydrogen) atoms. The lowest BCUT2D eigenvalue weighted by molar-refractivity contribution is 0.137. The Morgan fingerprint density at radius 3 is 2.29 bits per heavy atom. The van der Waals surface area contributed by atoms with Gasteiger partial charge in [-0.1, -0.05) is 13.3 Å². The van der Waals surface area contributed by atoms with E-state index < -0.39 is 6.16 Å². The Kier molecular flexibility index (Phi) is 9.78. The zero-order chi connectivity index (χ0) is 11.6. The number of nitrogens with zero attached hydrogens (tertiary/aromatic N) is 1. The fourth-order valence-electron chi connectivity index (χ4n) is 0.573. The fraction of sp³-hybridized carbons (Fsp3) is 0.571. The molecule has 0 aromatic heterocycles. The molecule has 0 aromatic rings. The van der Waals surface area contributed by atoms with Crippen LogP contribution in [0.25, 0.3) is 0 Å². The number of hydrogen-bond acceptors (Lipinski definition) is 3. The van der Waals surface area contributed by atoms with Crippen LogP contribution in [0.1, 0.15) is 26.7 Å². The van der Waals surface area contributed by atoms with E-state index in [1.807, 2.05) is 6.92 Å². The lowest BCUT2D eigenvalue weighted by Gasteiger charge is -1.97. The SMILES string of the molecule is CCC/C(C)=N/NC(=N)N.O=C(O)O. The van der Waals surface area contributed by atoms with Gasteiger partial charge in [-0.2, -0.15) is 5.10 Å². The first-order valence-corrected chi connectivity index (χ1v) is 3.95. The third kappa shape index (κ3) is 22.5. The molecule has 0 aliphatic heterocycles. The summed E-state index contributed by atoms with van der Waals surface area (Å²) in [6.07, 6.45) is 0.176. The molecule has 7 nitrogen and oxygen atoms in total. The van der Waals surface area contributed by atoms with E-state index in [0.29, 0.717) is 0 Å². The first-order chi connectivity index (χ1) is 6.40.